The number of carbonyl (C=O) groups is 1. The van der Waals surface area contributed by atoms with E-state index in [0.717, 1.165) is 11.3 Å². The number of benzene rings is 1. The number of likely N-dealkylation sites (N-methyl/N-ethyl adjacent to an activating group) is 1. The first-order chi connectivity index (χ1) is 14.4. The lowest BCUT2D eigenvalue weighted by Crippen LogP contribution is -2.42. The second-order valence-corrected chi connectivity index (χ2v) is 10.2. The third-order valence-electron chi connectivity index (χ3n) is 4.80. The number of rotatable bonds is 8. The van der Waals surface area contributed by atoms with E-state index in [4.69, 9.17) is 0 Å². The van der Waals surface area contributed by atoms with E-state index < -0.39 is 10.0 Å². The van der Waals surface area contributed by atoms with E-state index in [1.54, 1.807) is 24.6 Å². The minimum Gasteiger partial charge on any atom is -0.357 e. The number of guanidine groups is 1. The Hall–Kier alpha value is -1.70. The second-order valence-electron chi connectivity index (χ2n) is 6.94. The Morgan fingerprint density at radius 1 is 1.26 bits per heavy atom. The van der Waals surface area contributed by atoms with Crippen LogP contribution in [0.25, 0.3) is 0 Å². The van der Waals surface area contributed by atoms with Crippen LogP contribution in [-0.2, 0) is 14.8 Å². The van der Waals surface area contributed by atoms with Gasteiger partial charge >= 0.3 is 0 Å². The van der Waals surface area contributed by atoms with Gasteiger partial charge in [-0.05, 0) is 30.0 Å². The summed E-state index contributed by atoms with van der Waals surface area (Å²) < 4.78 is 26.7. The predicted molar refractivity (Wildman–Crippen MR) is 136 cm³/mol. The minimum atomic E-state index is -3.47. The molecule has 170 valence electrons. The van der Waals surface area contributed by atoms with Gasteiger partial charge in [0, 0.05) is 44.7 Å². The fourth-order valence-electron chi connectivity index (χ4n) is 3.22. The van der Waals surface area contributed by atoms with Crippen molar-refractivity contribution in [2.45, 2.75) is 23.5 Å². The van der Waals surface area contributed by atoms with Crippen LogP contribution in [0.5, 0.6) is 0 Å². The van der Waals surface area contributed by atoms with Gasteiger partial charge < -0.3 is 16.0 Å². The maximum atomic E-state index is 12.5. The van der Waals surface area contributed by atoms with Gasteiger partial charge in [-0.3, -0.25) is 9.79 Å². The number of aliphatic imine (C=N–C) groups is 1. The molecule has 1 atom stereocenters. The Labute approximate surface area is 204 Å². The average Bonchev–Trinajstić information content (AvgIpc) is 3.27. The van der Waals surface area contributed by atoms with Crippen molar-refractivity contribution < 1.29 is 13.2 Å². The number of nitrogens with one attached hydrogen (secondary N) is 3. The zero-order valence-corrected chi connectivity index (χ0v) is 21.5. The molecule has 3 N–H and O–H groups in total. The van der Waals surface area contributed by atoms with Gasteiger partial charge in [0.05, 0.1) is 6.54 Å². The van der Waals surface area contributed by atoms with Crippen LogP contribution < -0.4 is 16.0 Å². The molecular formula is C20H28IN5O3S2. The Morgan fingerprint density at radius 3 is 2.74 bits per heavy atom. The van der Waals surface area contributed by atoms with Gasteiger partial charge in [0.25, 0.3) is 10.0 Å². The molecule has 0 spiro atoms. The normalized spacial score (nSPS) is 16.3. The van der Waals surface area contributed by atoms with Crippen molar-refractivity contribution in [3.05, 3.63) is 47.3 Å². The Balaban J connectivity index is 0.00000341. The fraction of sp³-hybridized carbons (Fsp3) is 0.400. The smallest absolute Gasteiger partial charge is 0.252 e. The minimum absolute atomic E-state index is 0. The van der Waals surface area contributed by atoms with Gasteiger partial charge in [-0.25, -0.2) is 8.42 Å². The number of fused-ring (bicyclic) bond motifs is 1. The number of hydrogen-bond acceptors (Lipinski definition) is 5. The highest BCUT2D eigenvalue weighted by Gasteiger charge is 2.25. The first-order valence-electron chi connectivity index (χ1n) is 9.82. The summed E-state index contributed by atoms with van der Waals surface area (Å²) >= 11 is 1.21. The first kappa shape index (κ1) is 25.6. The molecule has 0 fully saturated rings. The molecular weight excluding hydrogens is 549 g/mol. The molecule has 1 aliphatic rings. The quantitative estimate of drug-likeness (QED) is 0.255. The number of amides is 1. The molecule has 1 unspecified atom stereocenters. The summed E-state index contributed by atoms with van der Waals surface area (Å²) in [6.45, 7) is 3.82. The van der Waals surface area contributed by atoms with Crippen LogP contribution in [-0.4, -0.2) is 57.8 Å². The van der Waals surface area contributed by atoms with Crippen LogP contribution in [0.3, 0.4) is 0 Å². The highest BCUT2D eigenvalue weighted by Crippen LogP contribution is 2.31. The van der Waals surface area contributed by atoms with Crippen LogP contribution >= 0.6 is 35.3 Å². The molecule has 0 bridgehead atoms. The van der Waals surface area contributed by atoms with E-state index >= 15 is 0 Å². The van der Waals surface area contributed by atoms with E-state index in [-0.39, 0.29) is 35.8 Å². The molecule has 1 aromatic carbocycles. The largest absolute Gasteiger partial charge is 0.357 e. The molecule has 1 amide bonds. The molecule has 11 heteroatoms. The second kappa shape index (κ2) is 11.8. The highest BCUT2D eigenvalue weighted by atomic mass is 127. The Kier molecular flexibility index (Phi) is 9.72. The summed E-state index contributed by atoms with van der Waals surface area (Å²) in [6.07, 6.45) is 0.391. The first-order valence-corrected chi connectivity index (χ1v) is 12.1. The van der Waals surface area contributed by atoms with E-state index in [2.05, 4.69) is 20.9 Å². The molecule has 2 aromatic rings. The van der Waals surface area contributed by atoms with Crippen LogP contribution in [0, 0.1) is 0 Å². The number of para-hydroxylation sites is 1. The standard InChI is InChI=1S/C20H27N5O3S2.HI/c1-3-21-20(22-10-11-25(2)30(27,28)19-9-6-12-29-19)23-14-15-13-18(26)24-17-8-5-4-7-16(15)17;/h4-9,12,15H,3,10-11,13-14H2,1-2H3,(H,24,26)(H2,21,22,23);1H. The van der Waals surface area contributed by atoms with Crippen molar-refractivity contribution in [2.24, 2.45) is 4.99 Å². The SMILES string of the molecule is CCNC(=NCC1CC(=O)Nc2ccccc21)NCCN(C)S(=O)(=O)c1cccs1.I. The van der Waals surface area contributed by atoms with E-state index in [0.29, 0.717) is 42.8 Å². The summed E-state index contributed by atoms with van der Waals surface area (Å²) in [5.74, 6) is 0.599. The van der Waals surface area contributed by atoms with Crippen LogP contribution in [0.1, 0.15) is 24.8 Å². The van der Waals surface area contributed by atoms with Crippen molar-refractivity contribution in [2.75, 3.05) is 38.5 Å². The topological polar surface area (TPSA) is 103 Å². The zero-order valence-electron chi connectivity index (χ0n) is 17.5. The Bertz CT molecular complexity index is 996. The maximum Gasteiger partial charge on any atom is 0.252 e. The van der Waals surface area contributed by atoms with Gasteiger partial charge in [0.2, 0.25) is 5.91 Å². The van der Waals surface area contributed by atoms with Crippen LogP contribution in [0.4, 0.5) is 5.69 Å². The molecule has 1 aromatic heterocycles. The summed E-state index contributed by atoms with van der Waals surface area (Å²) in [4.78, 5) is 16.6. The molecule has 0 radical (unpaired) electrons. The van der Waals surface area contributed by atoms with Crippen molar-refractivity contribution in [3.8, 4) is 0 Å². The number of nitrogens with zero attached hydrogens (tertiary/aromatic N) is 2. The highest BCUT2D eigenvalue weighted by molar-refractivity contribution is 14.0. The number of anilines is 1. The zero-order chi connectivity index (χ0) is 21.6. The summed E-state index contributed by atoms with van der Waals surface area (Å²) in [5.41, 5.74) is 1.92. The molecule has 1 aliphatic heterocycles. The molecule has 0 saturated heterocycles. The number of thiophene rings is 1. The maximum absolute atomic E-state index is 12.5. The van der Waals surface area contributed by atoms with Crippen LogP contribution in [0.15, 0.2) is 51.0 Å². The molecule has 0 aliphatic carbocycles. The third-order valence-corrected chi connectivity index (χ3v) is 8.03. The fourth-order valence-corrected chi connectivity index (χ4v) is 5.60. The number of halogens is 1. The molecule has 0 saturated carbocycles. The van der Waals surface area contributed by atoms with Gasteiger partial charge in [0.1, 0.15) is 4.21 Å². The number of hydrogen-bond donors (Lipinski definition) is 3. The van der Waals surface area contributed by atoms with E-state index in [9.17, 15) is 13.2 Å². The molecule has 2 heterocycles. The summed E-state index contributed by atoms with van der Waals surface area (Å²) in [5, 5.41) is 11.0. The van der Waals surface area contributed by atoms with Crippen molar-refractivity contribution in [1.82, 2.24) is 14.9 Å². The number of carbonyl (C=O) groups excluding carboxylic acids is 1. The van der Waals surface area contributed by atoms with Gasteiger partial charge in [0.15, 0.2) is 5.96 Å². The van der Waals surface area contributed by atoms with Gasteiger partial charge in [-0.2, -0.15) is 4.31 Å². The van der Waals surface area contributed by atoms with Gasteiger partial charge in [-0.15, -0.1) is 35.3 Å². The lowest BCUT2D eigenvalue weighted by Gasteiger charge is -2.24. The molecule has 31 heavy (non-hydrogen) atoms. The summed E-state index contributed by atoms with van der Waals surface area (Å²) in [6, 6.07) is 11.1. The van der Waals surface area contributed by atoms with Crippen molar-refractivity contribution >= 4 is 62.9 Å². The predicted octanol–water partition coefficient (Wildman–Crippen LogP) is 2.67. The monoisotopic (exact) mass is 577 g/mol. The number of sulfonamides is 1. The summed E-state index contributed by atoms with van der Waals surface area (Å²) in [7, 11) is -1.90. The van der Waals surface area contributed by atoms with Crippen molar-refractivity contribution in [1.29, 1.82) is 0 Å². The Morgan fingerprint density at radius 2 is 2.03 bits per heavy atom. The van der Waals surface area contributed by atoms with E-state index in [1.165, 1.54) is 15.6 Å². The third kappa shape index (κ3) is 6.64. The lowest BCUT2D eigenvalue weighted by atomic mass is 9.91. The lowest BCUT2D eigenvalue weighted by molar-refractivity contribution is -0.116. The molecule has 3 rings (SSSR count). The molecule has 8 nitrogen and oxygen atoms in total. The van der Waals surface area contributed by atoms with Crippen LogP contribution in [0.2, 0.25) is 0 Å². The van der Waals surface area contributed by atoms with Gasteiger partial charge in [-0.1, -0.05) is 24.3 Å². The van der Waals surface area contributed by atoms with Crippen molar-refractivity contribution in [3.63, 3.8) is 0 Å². The average molecular weight is 578 g/mol. The van der Waals surface area contributed by atoms with E-state index in [1.807, 2.05) is 31.2 Å².